The second-order valence-corrected chi connectivity index (χ2v) is 6.35. The molecule has 0 saturated carbocycles. The molecule has 0 bridgehead atoms. The molecule has 0 saturated heterocycles. The number of aliphatic hydroxyl groups excluding tert-OH is 1. The van der Waals surface area contributed by atoms with Crippen LogP contribution in [0.25, 0.3) is 10.8 Å². The molecule has 19 heavy (non-hydrogen) atoms. The van der Waals surface area contributed by atoms with Gasteiger partial charge in [-0.05, 0) is 56.2 Å². The Hall–Kier alpha value is -1.16. The van der Waals surface area contributed by atoms with Crippen LogP contribution >= 0.6 is 27.3 Å². The summed E-state index contributed by atoms with van der Waals surface area (Å²) in [5.74, 6) is 0. The number of halogens is 1. The average Bonchev–Trinajstić information content (AvgIpc) is 2.84. The average molecular weight is 333 g/mol. The van der Waals surface area contributed by atoms with Crippen molar-refractivity contribution in [2.45, 2.75) is 13.0 Å². The monoisotopic (exact) mass is 332 g/mol. The number of fused-ring (bicyclic) bond motifs is 1. The Morgan fingerprint density at radius 2 is 1.89 bits per heavy atom. The summed E-state index contributed by atoms with van der Waals surface area (Å²) in [6, 6.07) is 14.3. The zero-order valence-electron chi connectivity index (χ0n) is 10.4. The van der Waals surface area contributed by atoms with Gasteiger partial charge in [-0.1, -0.05) is 36.4 Å². The van der Waals surface area contributed by atoms with E-state index < -0.39 is 6.10 Å². The van der Waals surface area contributed by atoms with Gasteiger partial charge in [-0.25, -0.2) is 0 Å². The fraction of sp³-hybridized carbons (Fsp3) is 0.125. The van der Waals surface area contributed by atoms with Crippen LogP contribution in [0.15, 0.2) is 52.3 Å². The fourth-order valence-electron chi connectivity index (χ4n) is 2.40. The molecule has 1 atom stereocenters. The predicted molar refractivity (Wildman–Crippen MR) is 84.8 cm³/mol. The van der Waals surface area contributed by atoms with Gasteiger partial charge in [0, 0.05) is 4.47 Å². The third-order valence-electron chi connectivity index (χ3n) is 3.36. The van der Waals surface area contributed by atoms with Crippen LogP contribution in [0.4, 0.5) is 0 Å². The Balaban J connectivity index is 2.24. The van der Waals surface area contributed by atoms with E-state index in [0.29, 0.717) is 0 Å². The molecule has 0 amide bonds. The van der Waals surface area contributed by atoms with Gasteiger partial charge >= 0.3 is 0 Å². The van der Waals surface area contributed by atoms with Gasteiger partial charge in [0.1, 0.15) is 6.10 Å². The van der Waals surface area contributed by atoms with Gasteiger partial charge in [0.25, 0.3) is 0 Å². The van der Waals surface area contributed by atoms with E-state index in [4.69, 9.17) is 0 Å². The van der Waals surface area contributed by atoms with Crippen LogP contribution in [0.1, 0.15) is 22.1 Å². The summed E-state index contributed by atoms with van der Waals surface area (Å²) in [6.07, 6.45) is -0.583. The lowest BCUT2D eigenvalue weighted by Crippen LogP contribution is -2.01. The predicted octanol–water partition coefficient (Wildman–Crippen LogP) is 5.05. The van der Waals surface area contributed by atoms with Gasteiger partial charge in [-0.3, -0.25) is 0 Å². The second-order valence-electron chi connectivity index (χ2n) is 4.55. The van der Waals surface area contributed by atoms with Crippen LogP contribution in [0.2, 0.25) is 0 Å². The third kappa shape index (κ3) is 2.22. The molecule has 3 aromatic rings. The SMILES string of the molecule is Cc1ccc2ccccc2c1C(O)c1sccc1Br. The summed E-state index contributed by atoms with van der Waals surface area (Å²) < 4.78 is 0.970. The van der Waals surface area contributed by atoms with Crippen molar-refractivity contribution in [3.8, 4) is 0 Å². The molecule has 0 fully saturated rings. The minimum atomic E-state index is -0.583. The van der Waals surface area contributed by atoms with E-state index in [1.807, 2.05) is 30.5 Å². The van der Waals surface area contributed by atoms with E-state index in [1.54, 1.807) is 11.3 Å². The molecule has 1 aromatic heterocycles. The topological polar surface area (TPSA) is 20.2 Å². The lowest BCUT2D eigenvalue weighted by atomic mass is 9.95. The van der Waals surface area contributed by atoms with Crippen LogP contribution in [0.3, 0.4) is 0 Å². The van der Waals surface area contributed by atoms with E-state index >= 15 is 0 Å². The Labute approximate surface area is 124 Å². The molecule has 3 rings (SSSR count). The fourth-order valence-corrected chi connectivity index (χ4v) is 3.98. The summed E-state index contributed by atoms with van der Waals surface area (Å²) in [5, 5.41) is 15.0. The smallest absolute Gasteiger partial charge is 0.115 e. The molecule has 1 unspecified atom stereocenters. The summed E-state index contributed by atoms with van der Waals surface area (Å²) >= 11 is 5.08. The highest BCUT2D eigenvalue weighted by Gasteiger charge is 2.19. The maximum atomic E-state index is 10.7. The van der Waals surface area contributed by atoms with Crippen LogP contribution in [0, 0.1) is 6.92 Å². The lowest BCUT2D eigenvalue weighted by Gasteiger charge is -2.16. The second kappa shape index (κ2) is 5.08. The van der Waals surface area contributed by atoms with Gasteiger partial charge in [0.2, 0.25) is 0 Å². The molecule has 0 aliphatic rings. The van der Waals surface area contributed by atoms with E-state index in [1.165, 1.54) is 0 Å². The van der Waals surface area contributed by atoms with E-state index in [-0.39, 0.29) is 0 Å². The molecule has 3 heteroatoms. The lowest BCUT2D eigenvalue weighted by molar-refractivity contribution is 0.224. The van der Waals surface area contributed by atoms with Crippen molar-refractivity contribution in [1.29, 1.82) is 0 Å². The van der Waals surface area contributed by atoms with Crippen molar-refractivity contribution >= 4 is 38.0 Å². The maximum Gasteiger partial charge on any atom is 0.115 e. The number of benzene rings is 2. The maximum absolute atomic E-state index is 10.7. The normalized spacial score (nSPS) is 12.8. The number of rotatable bonds is 2. The number of aryl methyl sites for hydroxylation is 1. The van der Waals surface area contributed by atoms with Gasteiger partial charge in [-0.2, -0.15) is 0 Å². The molecule has 0 aliphatic carbocycles. The highest BCUT2D eigenvalue weighted by molar-refractivity contribution is 9.10. The zero-order valence-corrected chi connectivity index (χ0v) is 12.8. The van der Waals surface area contributed by atoms with Crippen LogP contribution in [0.5, 0.6) is 0 Å². The molecular formula is C16H13BrOS. The Morgan fingerprint density at radius 1 is 1.11 bits per heavy atom. The quantitative estimate of drug-likeness (QED) is 0.695. The van der Waals surface area contributed by atoms with E-state index in [2.05, 4.69) is 40.2 Å². The first-order valence-corrected chi connectivity index (χ1v) is 7.75. The van der Waals surface area contributed by atoms with Crippen LogP contribution in [-0.4, -0.2) is 5.11 Å². The molecule has 2 aromatic carbocycles. The summed E-state index contributed by atoms with van der Waals surface area (Å²) in [7, 11) is 0. The molecular weight excluding hydrogens is 320 g/mol. The van der Waals surface area contributed by atoms with E-state index in [0.717, 1.165) is 31.2 Å². The standard InChI is InChI=1S/C16H13BrOS/c1-10-6-7-11-4-2-3-5-12(11)14(10)15(18)16-13(17)8-9-19-16/h2-9,15,18H,1H3. The number of hydrogen-bond donors (Lipinski definition) is 1. The first-order valence-electron chi connectivity index (χ1n) is 6.07. The van der Waals surface area contributed by atoms with Crippen molar-refractivity contribution in [3.05, 3.63) is 68.3 Å². The summed E-state index contributed by atoms with van der Waals surface area (Å²) in [4.78, 5) is 0.958. The summed E-state index contributed by atoms with van der Waals surface area (Å²) in [5.41, 5.74) is 2.12. The molecule has 0 radical (unpaired) electrons. The number of hydrogen-bond acceptors (Lipinski definition) is 2. The zero-order chi connectivity index (χ0) is 13.4. The van der Waals surface area contributed by atoms with Crippen molar-refractivity contribution < 1.29 is 5.11 Å². The highest BCUT2D eigenvalue weighted by Crippen LogP contribution is 2.37. The number of thiophene rings is 1. The number of aliphatic hydroxyl groups is 1. The molecule has 0 aliphatic heterocycles. The largest absolute Gasteiger partial charge is 0.383 e. The van der Waals surface area contributed by atoms with Gasteiger partial charge in [0.05, 0.1) is 4.88 Å². The summed E-state index contributed by atoms with van der Waals surface area (Å²) in [6.45, 7) is 2.05. The van der Waals surface area contributed by atoms with Gasteiger partial charge in [0.15, 0.2) is 0 Å². The molecule has 1 heterocycles. The van der Waals surface area contributed by atoms with E-state index in [9.17, 15) is 5.11 Å². The Morgan fingerprint density at radius 3 is 2.63 bits per heavy atom. The van der Waals surface area contributed by atoms with Gasteiger partial charge in [-0.15, -0.1) is 11.3 Å². The van der Waals surface area contributed by atoms with Crippen LogP contribution in [-0.2, 0) is 0 Å². The van der Waals surface area contributed by atoms with Gasteiger partial charge < -0.3 is 5.11 Å². The molecule has 1 nitrogen and oxygen atoms in total. The minimum absolute atomic E-state index is 0.583. The molecule has 1 N–H and O–H groups in total. The molecule has 96 valence electrons. The third-order valence-corrected chi connectivity index (χ3v) is 5.28. The minimum Gasteiger partial charge on any atom is -0.383 e. The molecule has 0 spiro atoms. The first-order chi connectivity index (χ1) is 9.18. The van der Waals surface area contributed by atoms with Crippen molar-refractivity contribution in [1.82, 2.24) is 0 Å². The Bertz CT molecular complexity index is 732. The van der Waals surface area contributed by atoms with Crippen molar-refractivity contribution in [3.63, 3.8) is 0 Å². The highest BCUT2D eigenvalue weighted by atomic mass is 79.9. The first kappa shape index (κ1) is 12.9. The Kier molecular flexibility index (Phi) is 3.44. The van der Waals surface area contributed by atoms with Crippen molar-refractivity contribution in [2.24, 2.45) is 0 Å². The van der Waals surface area contributed by atoms with Crippen LogP contribution < -0.4 is 0 Å². The van der Waals surface area contributed by atoms with Crippen molar-refractivity contribution in [2.75, 3.05) is 0 Å².